The lowest BCUT2D eigenvalue weighted by atomic mass is 9.92. The van der Waals surface area contributed by atoms with Crippen LogP contribution in [0, 0.1) is 13.8 Å². The molecule has 0 aliphatic carbocycles. The molecule has 2 amide bonds. The van der Waals surface area contributed by atoms with Crippen molar-refractivity contribution in [2.24, 2.45) is 0 Å². The second kappa shape index (κ2) is 5.53. The molecule has 1 unspecified atom stereocenters. The maximum Gasteiger partial charge on any atom is 0.410 e. The van der Waals surface area contributed by atoms with E-state index in [1.54, 1.807) is 23.3 Å². The Morgan fingerprint density at radius 2 is 2.18 bits per heavy atom. The summed E-state index contributed by atoms with van der Waals surface area (Å²) < 4.78 is 5.54. The molecule has 3 heterocycles. The number of likely N-dealkylation sites (tertiary alicyclic amines) is 1. The Kier molecular flexibility index (Phi) is 3.84. The quantitative estimate of drug-likeness (QED) is 0.832. The fraction of sp³-hybridized carbons (Fsp3) is 0.667. The first-order valence-electron chi connectivity index (χ1n) is 7.53. The van der Waals surface area contributed by atoms with Crippen LogP contribution in [-0.4, -0.2) is 59.1 Å². The third kappa shape index (κ3) is 2.82. The van der Waals surface area contributed by atoms with Crippen LogP contribution >= 0.6 is 11.3 Å². The third-order valence-corrected chi connectivity index (χ3v) is 5.28. The van der Waals surface area contributed by atoms with E-state index in [0.29, 0.717) is 19.5 Å². The number of nitrogens with zero attached hydrogens (tertiary/aromatic N) is 3. The Balaban J connectivity index is 1.68. The van der Waals surface area contributed by atoms with Gasteiger partial charge in [-0.25, -0.2) is 9.78 Å². The summed E-state index contributed by atoms with van der Waals surface area (Å²) in [6.45, 7) is 5.73. The smallest absolute Gasteiger partial charge is 0.410 e. The van der Waals surface area contributed by atoms with E-state index in [0.717, 1.165) is 35.0 Å². The van der Waals surface area contributed by atoms with Crippen LogP contribution in [0.3, 0.4) is 0 Å². The van der Waals surface area contributed by atoms with Gasteiger partial charge in [-0.05, 0) is 26.7 Å². The van der Waals surface area contributed by atoms with Gasteiger partial charge in [-0.2, -0.15) is 0 Å². The Labute approximate surface area is 134 Å². The Hall–Kier alpha value is -1.63. The summed E-state index contributed by atoms with van der Waals surface area (Å²) in [7, 11) is 1.74. The lowest BCUT2D eigenvalue weighted by Crippen LogP contribution is -2.52. The zero-order valence-corrected chi connectivity index (χ0v) is 14.0. The van der Waals surface area contributed by atoms with Gasteiger partial charge >= 0.3 is 6.09 Å². The summed E-state index contributed by atoms with van der Waals surface area (Å²) in [5, 5.41) is 0.988. The largest absolute Gasteiger partial charge is 0.439 e. The Morgan fingerprint density at radius 1 is 1.41 bits per heavy atom. The van der Waals surface area contributed by atoms with Gasteiger partial charge in [-0.1, -0.05) is 0 Å². The molecule has 0 radical (unpaired) electrons. The second-order valence-electron chi connectivity index (χ2n) is 6.24. The number of likely N-dealkylation sites (N-methyl/N-ethyl adjacent to an activating group) is 1. The lowest BCUT2D eigenvalue weighted by molar-refractivity contribution is -0.136. The van der Waals surface area contributed by atoms with Gasteiger partial charge in [0.05, 0.1) is 30.2 Å². The topological polar surface area (TPSA) is 62.7 Å². The zero-order valence-electron chi connectivity index (χ0n) is 13.2. The number of thiazole rings is 1. The van der Waals surface area contributed by atoms with Crippen molar-refractivity contribution in [3.8, 4) is 0 Å². The molecule has 120 valence electrons. The zero-order chi connectivity index (χ0) is 15.9. The van der Waals surface area contributed by atoms with Gasteiger partial charge < -0.3 is 14.5 Å². The Morgan fingerprint density at radius 3 is 2.77 bits per heavy atom. The molecular formula is C15H21N3O3S. The fourth-order valence-electron chi connectivity index (χ4n) is 3.31. The minimum absolute atomic E-state index is 0.0677. The number of ether oxygens (including phenoxy) is 1. The molecule has 1 aromatic heterocycles. The van der Waals surface area contributed by atoms with Crippen molar-refractivity contribution < 1.29 is 14.3 Å². The van der Waals surface area contributed by atoms with E-state index in [2.05, 4.69) is 4.98 Å². The molecule has 2 aliphatic heterocycles. The van der Waals surface area contributed by atoms with E-state index in [4.69, 9.17) is 4.74 Å². The van der Waals surface area contributed by atoms with Gasteiger partial charge in [0.1, 0.15) is 5.60 Å². The third-order valence-electron chi connectivity index (χ3n) is 4.35. The lowest BCUT2D eigenvalue weighted by Gasteiger charge is -2.38. The highest BCUT2D eigenvalue weighted by Crippen LogP contribution is 2.31. The molecule has 0 saturated carbocycles. The molecular weight excluding hydrogens is 302 g/mol. The van der Waals surface area contributed by atoms with Gasteiger partial charge in [0, 0.05) is 18.5 Å². The number of rotatable bonds is 2. The van der Waals surface area contributed by atoms with Gasteiger partial charge in [0.15, 0.2) is 0 Å². The van der Waals surface area contributed by atoms with Crippen molar-refractivity contribution in [2.75, 3.05) is 26.7 Å². The van der Waals surface area contributed by atoms with Crippen molar-refractivity contribution in [1.82, 2.24) is 14.8 Å². The first-order chi connectivity index (χ1) is 10.4. The minimum Gasteiger partial charge on any atom is -0.439 e. The van der Waals surface area contributed by atoms with Crippen LogP contribution in [-0.2, 0) is 16.0 Å². The van der Waals surface area contributed by atoms with E-state index in [1.807, 2.05) is 18.7 Å². The summed E-state index contributed by atoms with van der Waals surface area (Å²) in [5.74, 6) is 0.0677. The molecule has 2 fully saturated rings. The number of carbonyl (C=O) groups is 2. The number of amides is 2. The summed E-state index contributed by atoms with van der Waals surface area (Å²) in [6, 6.07) is 0. The molecule has 2 aliphatic rings. The molecule has 7 heteroatoms. The average molecular weight is 323 g/mol. The van der Waals surface area contributed by atoms with Crippen molar-refractivity contribution in [3.05, 3.63) is 15.6 Å². The van der Waals surface area contributed by atoms with E-state index >= 15 is 0 Å². The normalized spacial score (nSPS) is 25.0. The molecule has 2 saturated heterocycles. The van der Waals surface area contributed by atoms with E-state index < -0.39 is 5.60 Å². The number of aromatic nitrogens is 1. The van der Waals surface area contributed by atoms with Crippen molar-refractivity contribution in [3.63, 3.8) is 0 Å². The number of aryl methyl sites for hydroxylation is 2. The first-order valence-corrected chi connectivity index (χ1v) is 8.35. The van der Waals surface area contributed by atoms with Crippen LogP contribution in [0.5, 0.6) is 0 Å². The molecule has 0 N–H and O–H groups in total. The highest BCUT2D eigenvalue weighted by molar-refractivity contribution is 7.11. The molecule has 0 aromatic carbocycles. The predicted octanol–water partition coefficient (Wildman–Crippen LogP) is 1.75. The van der Waals surface area contributed by atoms with Crippen LogP contribution in [0.25, 0.3) is 0 Å². The molecule has 1 aromatic rings. The molecule has 3 rings (SSSR count). The van der Waals surface area contributed by atoms with Crippen LogP contribution < -0.4 is 0 Å². The predicted molar refractivity (Wildman–Crippen MR) is 82.9 cm³/mol. The molecule has 22 heavy (non-hydrogen) atoms. The maximum absolute atomic E-state index is 12.6. The summed E-state index contributed by atoms with van der Waals surface area (Å²) >= 11 is 1.62. The maximum atomic E-state index is 12.6. The van der Waals surface area contributed by atoms with E-state index in [1.165, 1.54) is 0 Å². The van der Waals surface area contributed by atoms with Crippen LogP contribution in [0.4, 0.5) is 4.79 Å². The highest BCUT2D eigenvalue weighted by Gasteiger charge is 2.47. The standard InChI is InChI=1S/C15H21N3O3S/c1-10-12(16-11(2)22-10)7-13(19)18-6-4-5-15(9-18)8-17(3)14(20)21-15/h4-9H2,1-3H3. The molecule has 0 bridgehead atoms. The van der Waals surface area contributed by atoms with Crippen molar-refractivity contribution >= 4 is 23.3 Å². The highest BCUT2D eigenvalue weighted by atomic mass is 32.1. The van der Waals surface area contributed by atoms with Gasteiger partial charge in [0.2, 0.25) is 5.91 Å². The van der Waals surface area contributed by atoms with E-state index in [-0.39, 0.29) is 12.0 Å². The monoisotopic (exact) mass is 323 g/mol. The summed E-state index contributed by atoms with van der Waals surface area (Å²) in [6.07, 6.45) is 1.72. The number of carbonyl (C=O) groups excluding carboxylic acids is 2. The van der Waals surface area contributed by atoms with E-state index in [9.17, 15) is 9.59 Å². The van der Waals surface area contributed by atoms with Gasteiger partial charge in [0.25, 0.3) is 0 Å². The number of hydrogen-bond donors (Lipinski definition) is 0. The molecule has 1 atom stereocenters. The second-order valence-corrected chi connectivity index (χ2v) is 7.65. The number of hydrogen-bond acceptors (Lipinski definition) is 5. The SMILES string of the molecule is Cc1nc(CC(=O)N2CCCC3(CN(C)C(=O)O3)C2)c(C)s1. The van der Waals surface area contributed by atoms with Crippen LogP contribution in [0.1, 0.15) is 28.4 Å². The molecule has 6 nitrogen and oxygen atoms in total. The molecule has 1 spiro atoms. The Bertz CT molecular complexity index is 615. The van der Waals surface area contributed by atoms with Crippen LogP contribution in [0.2, 0.25) is 0 Å². The van der Waals surface area contributed by atoms with Crippen molar-refractivity contribution in [2.45, 2.75) is 38.7 Å². The summed E-state index contributed by atoms with van der Waals surface area (Å²) in [4.78, 5) is 33.2. The fourth-order valence-corrected chi connectivity index (χ4v) is 4.14. The van der Waals surface area contributed by atoms with Crippen molar-refractivity contribution in [1.29, 1.82) is 0 Å². The summed E-state index contributed by atoms with van der Waals surface area (Å²) in [5.41, 5.74) is 0.347. The van der Waals surface area contributed by atoms with Gasteiger partial charge in [-0.15, -0.1) is 11.3 Å². The number of piperidine rings is 1. The van der Waals surface area contributed by atoms with Gasteiger partial charge in [-0.3, -0.25) is 4.79 Å². The first kappa shape index (κ1) is 15.3. The minimum atomic E-state index is -0.521. The average Bonchev–Trinajstić information content (AvgIpc) is 2.89. The van der Waals surface area contributed by atoms with Crippen LogP contribution in [0.15, 0.2) is 0 Å².